The van der Waals surface area contributed by atoms with Gasteiger partial charge in [0.2, 0.25) is 5.91 Å². The summed E-state index contributed by atoms with van der Waals surface area (Å²) in [7, 11) is -2.14. The van der Waals surface area contributed by atoms with E-state index in [1.807, 2.05) is 0 Å². The molecule has 1 N–H and O–H groups in total. The quantitative estimate of drug-likeness (QED) is 0.535. The van der Waals surface area contributed by atoms with E-state index in [0.717, 1.165) is 6.26 Å². The van der Waals surface area contributed by atoms with Crippen LogP contribution in [0.15, 0.2) is 35.8 Å². The molecule has 1 atom stereocenters. The Bertz CT molecular complexity index is 546. The lowest BCUT2D eigenvalue weighted by atomic mass is 10.1. The molecular formula is C14H21NO5S. The predicted octanol–water partition coefficient (Wildman–Crippen LogP) is 1.11. The zero-order valence-electron chi connectivity index (χ0n) is 12.5. The van der Waals surface area contributed by atoms with Gasteiger partial charge >= 0.3 is 5.97 Å². The first-order valence-corrected chi connectivity index (χ1v) is 8.15. The number of allylic oxidation sites excluding steroid dienone is 4. The number of nitrogens with one attached hydrogen (secondary N) is 1. The molecule has 0 spiro atoms. The van der Waals surface area contributed by atoms with E-state index in [-0.39, 0.29) is 17.2 Å². The zero-order valence-corrected chi connectivity index (χ0v) is 13.3. The SMILES string of the molecule is C=C/C=C\C(=C/CC[C@H](NC(C)=O)C(=O)OC)S(C)(=O)=O. The molecule has 21 heavy (non-hydrogen) atoms. The number of methoxy groups -OCH3 is 1. The summed E-state index contributed by atoms with van der Waals surface area (Å²) in [6.07, 6.45) is 7.53. The molecule has 0 radical (unpaired) electrons. The highest BCUT2D eigenvalue weighted by atomic mass is 32.2. The second-order valence-corrected chi connectivity index (χ2v) is 6.34. The Morgan fingerprint density at radius 1 is 1.38 bits per heavy atom. The lowest BCUT2D eigenvalue weighted by Gasteiger charge is -2.14. The molecule has 7 heteroatoms. The fourth-order valence-corrected chi connectivity index (χ4v) is 2.28. The summed E-state index contributed by atoms with van der Waals surface area (Å²) in [6, 6.07) is -0.798. The molecule has 0 unspecified atom stereocenters. The minimum Gasteiger partial charge on any atom is -0.467 e. The van der Waals surface area contributed by atoms with Gasteiger partial charge in [-0.2, -0.15) is 0 Å². The maximum atomic E-state index is 11.6. The molecule has 0 heterocycles. The number of ether oxygens (including phenoxy) is 1. The van der Waals surface area contributed by atoms with Gasteiger partial charge in [-0.15, -0.1) is 0 Å². The highest BCUT2D eigenvalue weighted by molar-refractivity contribution is 7.94. The van der Waals surface area contributed by atoms with E-state index < -0.39 is 21.8 Å². The van der Waals surface area contributed by atoms with Crippen LogP contribution in [0.5, 0.6) is 0 Å². The van der Waals surface area contributed by atoms with Gasteiger partial charge in [0.15, 0.2) is 9.84 Å². The molecule has 0 bridgehead atoms. The molecule has 0 aromatic carbocycles. The Hall–Kier alpha value is -1.89. The Morgan fingerprint density at radius 3 is 2.43 bits per heavy atom. The van der Waals surface area contributed by atoms with Gasteiger partial charge in [0.1, 0.15) is 6.04 Å². The summed E-state index contributed by atoms with van der Waals surface area (Å²) in [6.45, 7) is 4.76. The van der Waals surface area contributed by atoms with Crippen LogP contribution in [0.25, 0.3) is 0 Å². The molecule has 0 aliphatic rings. The molecule has 0 aromatic heterocycles. The highest BCUT2D eigenvalue weighted by Crippen LogP contribution is 2.10. The number of rotatable bonds is 8. The summed E-state index contributed by atoms with van der Waals surface area (Å²) in [5.41, 5.74) is 0. The van der Waals surface area contributed by atoms with Gasteiger partial charge in [-0.1, -0.05) is 24.8 Å². The third-order valence-electron chi connectivity index (χ3n) is 2.49. The second kappa shape index (κ2) is 9.12. The van der Waals surface area contributed by atoms with Crippen LogP contribution in [0.1, 0.15) is 19.8 Å². The van der Waals surface area contributed by atoms with Gasteiger partial charge < -0.3 is 10.1 Å². The average molecular weight is 315 g/mol. The average Bonchev–Trinajstić information content (AvgIpc) is 2.38. The van der Waals surface area contributed by atoms with Gasteiger partial charge in [0, 0.05) is 13.2 Å². The molecule has 0 fully saturated rings. The normalized spacial score (nSPS) is 13.8. The summed E-state index contributed by atoms with van der Waals surface area (Å²) in [5.74, 6) is -0.926. The third kappa shape index (κ3) is 8.09. The van der Waals surface area contributed by atoms with E-state index in [9.17, 15) is 18.0 Å². The molecule has 6 nitrogen and oxygen atoms in total. The van der Waals surface area contributed by atoms with Gasteiger partial charge in [-0.25, -0.2) is 13.2 Å². The van der Waals surface area contributed by atoms with E-state index in [4.69, 9.17) is 0 Å². The van der Waals surface area contributed by atoms with E-state index in [2.05, 4.69) is 16.6 Å². The topological polar surface area (TPSA) is 89.5 Å². The smallest absolute Gasteiger partial charge is 0.328 e. The Labute approximate surface area is 125 Å². The fraction of sp³-hybridized carbons (Fsp3) is 0.429. The van der Waals surface area contributed by atoms with Crippen LogP contribution in [-0.2, 0) is 24.2 Å². The summed E-state index contributed by atoms with van der Waals surface area (Å²) >= 11 is 0. The van der Waals surface area contributed by atoms with E-state index in [0.29, 0.717) is 6.42 Å². The van der Waals surface area contributed by atoms with Gasteiger partial charge in [0.05, 0.1) is 12.0 Å². The lowest BCUT2D eigenvalue weighted by Crippen LogP contribution is -2.40. The fourth-order valence-electron chi connectivity index (χ4n) is 1.53. The monoisotopic (exact) mass is 315 g/mol. The summed E-state index contributed by atoms with van der Waals surface area (Å²) < 4.78 is 27.7. The van der Waals surface area contributed by atoms with Crippen LogP contribution >= 0.6 is 0 Å². The molecule has 0 aliphatic heterocycles. The Balaban J connectivity index is 4.94. The molecule has 0 aliphatic carbocycles. The van der Waals surface area contributed by atoms with Crippen molar-refractivity contribution in [2.24, 2.45) is 0 Å². The predicted molar refractivity (Wildman–Crippen MR) is 81.1 cm³/mol. The second-order valence-electron chi connectivity index (χ2n) is 4.33. The van der Waals surface area contributed by atoms with Gasteiger partial charge in [0.25, 0.3) is 0 Å². The van der Waals surface area contributed by atoms with Crippen molar-refractivity contribution in [1.29, 1.82) is 0 Å². The molecular weight excluding hydrogens is 294 g/mol. The first-order chi connectivity index (χ1) is 9.72. The molecule has 0 saturated carbocycles. The van der Waals surface area contributed by atoms with Gasteiger partial charge in [-0.05, 0) is 18.9 Å². The van der Waals surface area contributed by atoms with Gasteiger partial charge in [-0.3, -0.25) is 4.79 Å². The summed E-state index contributed by atoms with van der Waals surface area (Å²) in [4.78, 5) is 22.6. The minimum absolute atomic E-state index is 0.133. The lowest BCUT2D eigenvalue weighted by molar-refractivity contribution is -0.145. The summed E-state index contributed by atoms with van der Waals surface area (Å²) in [5, 5.41) is 2.46. The Kier molecular flexibility index (Phi) is 8.30. The number of carbonyl (C=O) groups is 2. The van der Waals surface area contributed by atoms with Crippen molar-refractivity contribution >= 4 is 21.7 Å². The van der Waals surface area contributed by atoms with Crippen LogP contribution in [-0.4, -0.2) is 39.7 Å². The van der Waals surface area contributed by atoms with Crippen LogP contribution < -0.4 is 5.32 Å². The molecule has 0 aromatic rings. The van der Waals surface area contributed by atoms with Crippen molar-refractivity contribution in [2.45, 2.75) is 25.8 Å². The zero-order chi connectivity index (χ0) is 16.5. The molecule has 0 saturated heterocycles. The maximum Gasteiger partial charge on any atom is 0.328 e. The largest absolute Gasteiger partial charge is 0.467 e. The first-order valence-electron chi connectivity index (χ1n) is 6.26. The molecule has 0 rings (SSSR count). The first kappa shape index (κ1) is 19.1. The molecule has 118 valence electrons. The van der Waals surface area contributed by atoms with E-state index >= 15 is 0 Å². The number of sulfone groups is 1. The third-order valence-corrected chi connectivity index (χ3v) is 3.65. The van der Waals surface area contributed by atoms with Crippen molar-refractivity contribution in [3.05, 3.63) is 35.8 Å². The van der Waals surface area contributed by atoms with Crippen LogP contribution in [0.4, 0.5) is 0 Å². The maximum absolute atomic E-state index is 11.6. The van der Waals surface area contributed by atoms with Crippen molar-refractivity contribution in [3.63, 3.8) is 0 Å². The van der Waals surface area contributed by atoms with Crippen LogP contribution in [0, 0.1) is 0 Å². The van der Waals surface area contributed by atoms with Crippen molar-refractivity contribution < 1.29 is 22.7 Å². The van der Waals surface area contributed by atoms with E-state index in [1.165, 1.54) is 38.3 Å². The molecule has 1 amide bonds. The van der Waals surface area contributed by atoms with Crippen molar-refractivity contribution in [1.82, 2.24) is 5.32 Å². The minimum atomic E-state index is -3.36. The Morgan fingerprint density at radius 2 is 2.00 bits per heavy atom. The van der Waals surface area contributed by atoms with Crippen LogP contribution in [0.2, 0.25) is 0 Å². The highest BCUT2D eigenvalue weighted by Gasteiger charge is 2.19. The number of hydrogen-bond acceptors (Lipinski definition) is 5. The van der Waals surface area contributed by atoms with Crippen molar-refractivity contribution in [2.75, 3.05) is 13.4 Å². The number of amides is 1. The number of hydrogen-bond donors (Lipinski definition) is 1. The van der Waals surface area contributed by atoms with Crippen molar-refractivity contribution in [3.8, 4) is 0 Å². The number of esters is 1. The van der Waals surface area contributed by atoms with Crippen LogP contribution in [0.3, 0.4) is 0 Å². The van der Waals surface area contributed by atoms with E-state index in [1.54, 1.807) is 0 Å². The number of carbonyl (C=O) groups excluding carboxylic acids is 2. The standard InChI is InChI=1S/C14H21NO5S/c1-5-6-8-12(21(4,18)19)9-7-10-13(14(17)20-3)15-11(2)16/h5-6,8-9,13H,1,7,10H2,2-4H3,(H,15,16)/b8-6-,12-9+/t13-/m0/s1.